The number of hydrogen-bond acceptors (Lipinski definition) is 24. The predicted molar refractivity (Wildman–Crippen MR) is 406 cm³/mol. The van der Waals surface area contributed by atoms with E-state index >= 15 is 0 Å². The lowest BCUT2D eigenvalue weighted by atomic mass is 10.00. The standard InChI is InChI=1S/C73H104N20O15S/c1-41(2)37-56-69(103)86-50(23-30-75)64(98)85-53(26-33-78)68(102)91-62(43(4)95)71(105)81-35-27-54(67(101)84-51(24-31-76)66(100)90-57(70(104)89-56)38-44-13-7-6-8-14-44)87-65(99)52(25-32-77)88-72(106)61(42(3)94)82-40-46(22-29-74)83-60(96)28-36-108-73(107)93-58(21-18-45-15-11-12-34-80-45)48-20-19-47(39-55(48)92-93)109-59-17-10-9-16-49(59)63(97)79-5/h6-21,34,39,41-43,46,50-54,56-57,61-62,82,94-95H,22-33,35-38,40,74-78H2,1-5H3,(H,79,97)(H,81,105)(H,83,96)(H,84,101)(H,85,98)(H,86,103)(H,87,99)(H,88,106)(H,89,104)(H,90,100)(H,91,102)/b21-18+/t42-,43?,46+,50?,51?,52+,53?,54+,56?,57?,61?,62?/m0/s1. The van der Waals surface area contributed by atoms with Gasteiger partial charge in [0.15, 0.2) is 0 Å². The number of nitrogens with one attached hydrogen (secondary N) is 12. The molecule has 35 nitrogen and oxygen atoms in total. The molecule has 1 aliphatic rings. The van der Waals surface area contributed by atoms with Crippen molar-refractivity contribution in [3.05, 3.63) is 120 Å². The Balaban J connectivity index is 1.19. The van der Waals surface area contributed by atoms with Gasteiger partial charge in [0, 0.05) is 54.0 Å². The Morgan fingerprint density at radius 1 is 0.661 bits per heavy atom. The topological polar surface area (TPSA) is 560 Å². The van der Waals surface area contributed by atoms with E-state index < -0.39 is 157 Å². The fraction of sp³-hybridized carbons (Fsp3) is 0.479. The van der Waals surface area contributed by atoms with Gasteiger partial charge in [-0.15, -0.1) is 0 Å². The van der Waals surface area contributed by atoms with Gasteiger partial charge in [-0.2, -0.15) is 9.78 Å². The number of carbonyl (C=O) groups excluding carboxylic acids is 12. The lowest BCUT2D eigenvalue weighted by Gasteiger charge is -2.29. The van der Waals surface area contributed by atoms with E-state index in [1.807, 2.05) is 18.2 Å². The normalized spacial score (nSPS) is 20.2. The average Bonchev–Trinajstić information content (AvgIpc) is 1.64. The molecular weight excluding hydrogens is 1430 g/mol. The molecule has 5 aromatic rings. The van der Waals surface area contributed by atoms with Crippen LogP contribution in [-0.4, -0.2) is 228 Å². The minimum atomic E-state index is -1.71. The maximum atomic E-state index is 14.7. The number of rotatable bonds is 32. The molecule has 3 heterocycles. The van der Waals surface area contributed by atoms with Crippen LogP contribution in [0.1, 0.15) is 106 Å². The van der Waals surface area contributed by atoms with Crippen molar-refractivity contribution < 1.29 is 72.5 Å². The van der Waals surface area contributed by atoms with E-state index in [1.165, 1.54) is 25.6 Å². The van der Waals surface area contributed by atoms with Crippen LogP contribution in [-0.2, 0) is 59.1 Å². The second-order valence-corrected chi connectivity index (χ2v) is 27.6. The van der Waals surface area contributed by atoms with Crippen molar-refractivity contribution >= 4 is 106 Å². The summed E-state index contributed by atoms with van der Waals surface area (Å²) in [6.07, 6.45) is -0.593. The molecule has 8 unspecified atom stereocenters. The van der Waals surface area contributed by atoms with Crippen molar-refractivity contribution in [2.24, 2.45) is 34.6 Å². The van der Waals surface area contributed by atoms with Crippen LogP contribution in [0.2, 0.25) is 0 Å². The van der Waals surface area contributed by atoms with Crippen LogP contribution in [0.3, 0.4) is 0 Å². The number of carbonyl (C=O) groups is 12. The average molecular weight is 1530 g/mol. The van der Waals surface area contributed by atoms with E-state index in [1.54, 1.807) is 112 Å². The molecule has 0 aliphatic carbocycles. The summed E-state index contributed by atoms with van der Waals surface area (Å²) in [7, 11) is 1.54. The highest BCUT2D eigenvalue weighted by molar-refractivity contribution is 7.99. The van der Waals surface area contributed by atoms with Gasteiger partial charge in [-0.1, -0.05) is 74.1 Å². The maximum Gasteiger partial charge on any atom is 0.435 e. The van der Waals surface area contributed by atoms with Crippen LogP contribution in [0.5, 0.6) is 0 Å². The fourth-order valence-corrected chi connectivity index (χ4v) is 12.6. The number of amides is 11. The molecule has 1 aliphatic heterocycles. The van der Waals surface area contributed by atoms with Crippen LogP contribution in [0.4, 0.5) is 4.79 Å². The Bertz CT molecular complexity index is 3930. The first-order valence-electron chi connectivity index (χ1n) is 36.1. The van der Waals surface area contributed by atoms with Crippen LogP contribution >= 0.6 is 11.8 Å². The molecule has 12 atom stereocenters. The van der Waals surface area contributed by atoms with Gasteiger partial charge in [0.1, 0.15) is 61.0 Å². The summed E-state index contributed by atoms with van der Waals surface area (Å²) in [5, 5.41) is 58.8. The molecule has 6 rings (SSSR count). The third-order valence-electron chi connectivity index (χ3n) is 17.4. The third kappa shape index (κ3) is 27.4. The number of aliphatic hydroxyl groups excluding tert-OH is 2. The zero-order valence-corrected chi connectivity index (χ0v) is 62.6. The van der Waals surface area contributed by atoms with Gasteiger partial charge in [0.05, 0.1) is 41.1 Å². The predicted octanol–water partition coefficient (Wildman–Crippen LogP) is -2.88. The first-order valence-corrected chi connectivity index (χ1v) is 37.0. The van der Waals surface area contributed by atoms with Gasteiger partial charge >= 0.3 is 6.09 Å². The van der Waals surface area contributed by atoms with Crippen molar-refractivity contribution in [2.45, 2.75) is 168 Å². The van der Waals surface area contributed by atoms with Gasteiger partial charge in [0.2, 0.25) is 59.1 Å². The van der Waals surface area contributed by atoms with Crippen molar-refractivity contribution in [3.8, 4) is 0 Å². The molecule has 592 valence electrons. The van der Waals surface area contributed by atoms with Crippen molar-refractivity contribution in [2.75, 3.05) is 59.5 Å². The number of fused-ring (bicyclic) bond motifs is 1. The molecule has 36 heteroatoms. The van der Waals surface area contributed by atoms with Gasteiger partial charge in [-0.25, -0.2) is 4.79 Å². The second-order valence-electron chi connectivity index (χ2n) is 26.4. The summed E-state index contributed by atoms with van der Waals surface area (Å²) in [4.78, 5) is 175. The minimum Gasteiger partial charge on any atom is -0.447 e. The zero-order chi connectivity index (χ0) is 79.7. The summed E-state index contributed by atoms with van der Waals surface area (Å²) in [5.74, 6) is -9.47. The molecule has 1 saturated heterocycles. The molecule has 24 N–H and O–H groups in total. The summed E-state index contributed by atoms with van der Waals surface area (Å²) in [6, 6.07) is 12.1. The highest BCUT2D eigenvalue weighted by Crippen LogP contribution is 2.34. The van der Waals surface area contributed by atoms with Crippen LogP contribution < -0.4 is 92.5 Å². The highest BCUT2D eigenvalue weighted by atomic mass is 32.2. The summed E-state index contributed by atoms with van der Waals surface area (Å²) < 4.78 is 6.68. The summed E-state index contributed by atoms with van der Waals surface area (Å²) in [6.45, 7) is 4.31. The molecule has 0 saturated carbocycles. The van der Waals surface area contributed by atoms with Gasteiger partial charge < -0.3 is 107 Å². The number of ether oxygens (including phenoxy) is 1. The fourth-order valence-electron chi connectivity index (χ4n) is 11.6. The molecule has 0 bridgehead atoms. The molecule has 11 amide bonds. The molecular formula is C73H104N20O15S. The molecule has 0 spiro atoms. The van der Waals surface area contributed by atoms with E-state index in [4.69, 9.17) is 33.4 Å². The molecule has 3 aromatic carbocycles. The largest absolute Gasteiger partial charge is 0.447 e. The SMILES string of the molecule is CNC(=O)c1ccccc1Sc1ccc2c(/C=C/c3ccccn3)n(C(=O)OCCC(=O)N[C@H](CCN)CNC(C(=O)N[C@H](CCN)C(=O)N[C@@H]3CCNC(=O)C(C(C)O)NC(=O)C(CCN)NC(=O)C(CCN)NC(=O)C(CC(C)C)NC(=O)C(Cc4ccccc4)NC(=O)C(CCN)NC3=O)[C@H](C)O)nc2c1. The van der Waals surface area contributed by atoms with Crippen molar-refractivity contribution in [3.63, 3.8) is 0 Å². The Morgan fingerprint density at radius 2 is 1.26 bits per heavy atom. The first-order chi connectivity index (χ1) is 52.2. The molecule has 1 fully saturated rings. The van der Waals surface area contributed by atoms with Crippen molar-refractivity contribution in [1.29, 1.82) is 0 Å². The smallest absolute Gasteiger partial charge is 0.435 e. The Labute approximate surface area is 635 Å². The number of nitrogens with two attached hydrogens (primary N) is 5. The monoisotopic (exact) mass is 1530 g/mol. The van der Waals surface area contributed by atoms with Gasteiger partial charge in [-0.3, -0.25) is 57.7 Å². The molecule has 2 aromatic heterocycles. The minimum absolute atomic E-state index is 0.0320. The molecule has 0 radical (unpaired) electrons. The lowest BCUT2D eigenvalue weighted by Crippen LogP contribution is -2.61. The molecule has 109 heavy (non-hydrogen) atoms. The quantitative estimate of drug-likeness (QED) is 0.0206. The van der Waals surface area contributed by atoms with E-state index in [0.29, 0.717) is 38.3 Å². The maximum absolute atomic E-state index is 14.7. The summed E-state index contributed by atoms with van der Waals surface area (Å²) >= 11 is 1.33. The number of aromatic nitrogens is 3. The van der Waals surface area contributed by atoms with E-state index in [-0.39, 0.29) is 102 Å². The second kappa shape index (κ2) is 44.9. The number of nitrogens with zero attached hydrogens (tertiary/aromatic N) is 3. The van der Waals surface area contributed by atoms with Crippen LogP contribution in [0.25, 0.3) is 23.1 Å². The zero-order valence-electron chi connectivity index (χ0n) is 61.8. The van der Waals surface area contributed by atoms with Crippen LogP contribution in [0.15, 0.2) is 107 Å². The number of aliphatic hydroxyl groups is 2. The third-order valence-corrected chi connectivity index (χ3v) is 18.4. The van der Waals surface area contributed by atoms with E-state index in [2.05, 4.69) is 73.9 Å². The summed E-state index contributed by atoms with van der Waals surface area (Å²) in [5.41, 5.74) is 32.2. The van der Waals surface area contributed by atoms with Gasteiger partial charge in [0.25, 0.3) is 5.91 Å². The van der Waals surface area contributed by atoms with Crippen molar-refractivity contribution in [1.82, 2.24) is 78.6 Å². The van der Waals surface area contributed by atoms with E-state index in [0.717, 1.165) is 9.58 Å². The van der Waals surface area contributed by atoms with Crippen LogP contribution in [0, 0.1) is 5.92 Å². The van der Waals surface area contributed by atoms with Gasteiger partial charge in [-0.05, 0) is 158 Å². The van der Waals surface area contributed by atoms with E-state index in [9.17, 15) is 67.7 Å². The number of hydrogen-bond donors (Lipinski definition) is 19. The Morgan fingerprint density at radius 3 is 1.86 bits per heavy atom. The highest BCUT2D eigenvalue weighted by Gasteiger charge is 2.37. The Hall–Kier alpha value is -10.3. The number of pyridine rings is 1. The lowest BCUT2D eigenvalue weighted by molar-refractivity contribution is -0.136. The number of benzene rings is 3. The first kappa shape index (κ1) is 87.6. The Kier molecular flexibility index (Phi) is 36.0.